The lowest BCUT2D eigenvalue weighted by Gasteiger charge is -2.38. The highest BCUT2D eigenvalue weighted by Gasteiger charge is 2.42. The molecule has 2 heterocycles. The number of carbonyl (C=O) groups excluding carboxylic acids is 2. The van der Waals surface area contributed by atoms with Crippen molar-refractivity contribution in [2.45, 2.75) is 52.4 Å². The summed E-state index contributed by atoms with van der Waals surface area (Å²) in [6, 6.07) is 14.1. The van der Waals surface area contributed by atoms with Gasteiger partial charge in [-0.2, -0.15) is 5.26 Å². The van der Waals surface area contributed by atoms with Gasteiger partial charge in [0.2, 0.25) is 5.91 Å². The Morgan fingerprint density at radius 3 is 2.62 bits per heavy atom. The molecule has 4 rings (SSSR count). The van der Waals surface area contributed by atoms with E-state index in [1.807, 2.05) is 41.8 Å². The molecule has 176 valence electrons. The van der Waals surface area contributed by atoms with Crippen LogP contribution in [0.4, 0.5) is 5.69 Å². The summed E-state index contributed by atoms with van der Waals surface area (Å²) in [6.45, 7) is 8.44. The molecule has 1 aliphatic carbocycles. The van der Waals surface area contributed by atoms with Gasteiger partial charge in [0, 0.05) is 28.3 Å². The van der Waals surface area contributed by atoms with Gasteiger partial charge in [-0.15, -0.1) is 11.3 Å². The highest BCUT2D eigenvalue weighted by Crippen LogP contribution is 2.48. The van der Waals surface area contributed by atoms with Gasteiger partial charge in [-0.1, -0.05) is 57.7 Å². The molecule has 5 nitrogen and oxygen atoms in total. The second-order valence-electron chi connectivity index (χ2n) is 9.87. The maximum absolute atomic E-state index is 13.2. The van der Waals surface area contributed by atoms with E-state index in [1.54, 1.807) is 11.3 Å². The number of nitrogens with one attached hydrogen (secondary N) is 2. The van der Waals surface area contributed by atoms with Gasteiger partial charge in [0.25, 0.3) is 0 Å². The van der Waals surface area contributed by atoms with Gasteiger partial charge >= 0.3 is 0 Å². The zero-order valence-electron chi connectivity index (χ0n) is 19.9. The minimum atomic E-state index is -0.376. The Hall–Kier alpha value is -2.82. The highest BCUT2D eigenvalue weighted by atomic mass is 32.2. The smallest absolute Gasteiger partial charge is 0.234 e. The second kappa shape index (κ2) is 9.81. The molecule has 0 radical (unpaired) electrons. The largest absolute Gasteiger partial charge is 0.352 e. The van der Waals surface area contributed by atoms with Gasteiger partial charge in [-0.3, -0.25) is 9.59 Å². The van der Waals surface area contributed by atoms with Crippen LogP contribution in [0.25, 0.3) is 0 Å². The highest BCUT2D eigenvalue weighted by molar-refractivity contribution is 8.03. The van der Waals surface area contributed by atoms with E-state index in [1.165, 1.54) is 17.3 Å². The Labute approximate surface area is 209 Å². The van der Waals surface area contributed by atoms with Crippen molar-refractivity contribution < 1.29 is 9.59 Å². The van der Waals surface area contributed by atoms with Crippen LogP contribution >= 0.6 is 23.1 Å². The van der Waals surface area contributed by atoms with Crippen LogP contribution in [-0.4, -0.2) is 17.4 Å². The van der Waals surface area contributed by atoms with Crippen molar-refractivity contribution in [2.75, 3.05) is 11.1 Å². The average molecular weight is 492 g/mol. The number of thioether (sulfide) groups is 1. The lowest BCUT2D eigenvalue weighted by molar-refractivity contribution is -0.118. The van der Waals surface area contributed by atoms with Crippen LogP contribution in [0.15, 0.2) is 63.7 Å². The van der Waals surface area contributed by atoms with E-state index < -0.39 is 0 Å². The first kappa shape index (κ1) is 24.3. The minimum Gasteiger partial charge on any atom is -0.352 e. The number of thiophene rings is 1. The number of benzene rings is 1. The van der Waals surface area contributed by atoms with E-state index in [2.05, 4.69) is 44.4 Å². The molecule has 0 fully saturated rings. The molecule has 2 aromatic rings. The third-order valence-corrected chi connectivity index (χ3v) is 8.12. The molecule has 1 aromatic heterocycles. The maximum Gasteiger partial charge on any atom is 0.234 e. The normalized spacial score (nSPS) is 19.5. The summed E-state index contributed by atoms with van der Waals surface area (Å²) in [6.07, 6.45) is 1.20. The number of dihydropyridines is 1. The summed E-state index contributed by atoms with van der Waals surface area (Å²) in [5.41, 5.74) is 3.91. The standard InChI is InChI=1S/C27H29N3O2S2/c1-16(2)17-7-9-18(10-8-17)29-23(32)15-34-26-19(14-28)24(22-6-5-11-33-22)25-20(30-26)12-27(3,4)13-21(25)31/h5-11,16,24,30H,12-13,15H2,1-4H3,(H,29,32)/t24-/m0/s1. The first-order valence-electron chi connectivity index (χ1n) is 11.4. The molecule has 1 amide bonds. The van der Waals surface area contributed by atoms with Crippen molar-refractivity contribution in [2.24, 2.45) is 5.41 Å². The van der Waals surface area contributed by atoms with Crippen molar-refractivity contribution in [3.63, 3.8) is 0 Å². The molecule has 0 spiro atoms. The first-order chi connectivity index (χ1) is 16.2. The van der Waals surface area contributed by atoms with Crippen molar-refractivity contribution in [1.82, 2.24) is 5.32 Å². The van der Waals surface area contributed by atoms with Crippen molar-refractivity contribution in [1.29, 1.82) is 5.26 Å². The monoisotopic (exact) mass is 491 g/mol. The van der Waals surface area contributed by atoms with E-state index in [9.17, 15) is 14.9 Å². The fourth-order valence-corrected chi connectivity index (χ4v) is 6.22. The van der Waals surface area contributed by atoms with Crippen LogP contribution in [0.5, 0.6) is 0 Å². The molecule has 0 bridgehead atoms. The molecule has 7 heteroatoms. The van der Waals surface area contributed by atoms with Gasteiger partial charge in [-0.05, 0) is 46.9 Å². The lowest BCUT2D eigenvalue weighted by Crippen LogP contribution is -2.36. The number of Topliss-reactive ketones (excluding diaryl/α,β-unsaturated/α-hetero) is 1. The Morgan fingerprint density at radius 2 is 2.00 bits per heavy atom. The van der Waals surface area contributed by atoms with Crippen molar-refractivity contribution in [3.05, 3.63) is 74.1 Å². The lowest BCUT2D eigenvalue weighted by atomic mass is 9.70. The first-order valence-corrected chi connectivity index (χ1v) is 13.3. The molecule has 0 unspecified atom stereocenters. The van der Waals surface area contributed by atoms with E-state index in [-0.39, 0.29) is 28.8 Å². The molecule has 1 aromatic carbocycles. The number of amides is 1. The van der Waals surface area contributed by atoms with E-state index >= 15 is 0 Å². The summed E-state index contributed by atoms with van der Waals surface area (Å²) < 4.78 is 0. The Kier molecular flexibility index (Phi) is 7.01. The number of nitriles is 1. The molecule has 1 aliphatic heterocycles. The van der Waals surface area contributed by atoms with Crippen LogP contribution in [0.1, 0.15) is 62.8 Å². The van der Waals surface area contributed by atoms with Crippen LogP contribution in [0.3, 0.4) is 0 Å². The fourth-order valence-electron chi connectivity index (χ4n) is 4.52. The molecule has 1 atom stereocenters. The fraction of sp³-hybridized carbons (Fsp3) is 0.370. The quantitative estimate of drug-likeness (QED) is 0.495. The molecular weight excluding hydrogens is 462 g/mol. The molecule has 0 saturated heterocycles. The van der Waals surface area contributed by atoms with Gasteiger partial charge in [0.1, 0.15) is 0 Å². The average Bonchev–Trinajstić information content (AvgIpc) is 3.30. The number of hydrogen-bond acceptors (Lipinski definition) is 6. The van der Waals surface area contributed by atoms with Gasteiger partial charge in [0.05, 0.1) is 28.3 Å². The Bertz CT molecular complexity index is 1200. The Morgan fingerprint density at radius 1 is 1.26 bits per heavy atom. The Balaban J connectivity index is 1.56. The summed E-state index contributed by atoms with van der Waals surface area (Å²) in [5.74, 6) is 0.175. The third-order valence-electron chi connectivity index (χ3n) is 6.16. The van der Waals surface area contributed by atoms with Gasteiger partial charge in [-0.25, -0.2) is 0 Å². The number of allylic oxidation sites excluding steroid dienone is 3. The number of hydrogen-bond donors (Lipinski definition) is 2. The summed E-state index contributed by atoms with van der Waals surface area (Å²) >= 11 is 2.87. The minimum absolute atomic E-state index is 0.0940. The third kappa shape index (κ3) is 5.13. The number of ketones is 1. The van der Waals surface area contributed by atoms with E-state index in [0.717, 1.165) is 22.7 Å². The van der Waals surface area contributed by atoms with Crippen LogP contribution in [0.2, 0.25) is 0 Å². The van der Waals surface area contributed by atoms with Gasteiger partial charge < -0.3 is 10.6 Å². The van der Waals surface area contributed by atoms with Gasteiger partial charge in [0.15, 0.2) is 5.78 Å². The molecular formula is C27H29N3O2S2. The molecule has 2 aliphatic rings. The molecule has 2 N–H and O–H groups in total. The predicted molar refractivity (Wildman–Crippen MR) is 140 cm³/mol. The zero-order chi connectivity index (χ0) is 24.5. The number of carbonyl (C=O) groups is 2. The SMILES string of the molecule is CC(C)c1ccc(NC(=O)CSC2=C(C#N)[C@@H](c3cccs3)C3=C(CC(C)(C)CC3=O)N2)cc1. The van der Waals surface area contributed by atoms with E-state index in [0.29, 0.717) is 28.5 Å². The zero-order valence-corrected chi connectivity index (χ0v) is 21.5. The summed E-state index contributed by atoms with van der Waals surface area (Å²) in [5, 5.41) is 19.0. The van der Waals surface area contributed by atoms with Crippen molar-refractivity contribution in [3.8, 4) is 6.07 Å². The summed E-state index contributed by atoms with van der Waals surface area (Å²) in [7, 11) is 0. The summed E-state index contributed by atoms with van der Waals surface area (Å²) in [4.78, 5) is 26.8. The number of anilines is 1. The second-order valence-corrected chi connectivity index (χ2v) is 11.8. The molecule has 34 heavy (non-hydrogen) atoms. The predicted octanol–water partition coefficient (Wildman–Crippen LogP) is 6.31. The topological polar surface area (TPSA) is 82.0 Å². The number of rotatable bonds is 6. The van der Waals surface area contributed by atoms with E-state index in [4.69, 9.17) is 0 Å². The maximum atomic E-state index is 13.2. The number of nitrogens with zero attached hydrogens (tertiary/aromatic N) is 1. The van der Waals surface area contributed by atoms with Crippen LogP contribution in [0, 0.1) is 16.7 Å². The van der Waals surface area contributed by atoms with Crippen LogP contribution < -0.4 is 10.6 Å². The van der Waals surface area contributed by atoms with Crippen molar-refractivity contribution >= 4 is 40.5 Å². The van der Waals surface area contributed by atoms with Crippen LogP contribution in [-0.2, 0) is 9.59 Å². The molecule has 0 saturated carbocycles.